The molecule has 1 unspecified atom stereocenters. The number of rotatable bonds is 2. The minimum absolute atomic E-state index is 0.00463. The molecule has 18 heavy (non-hydrogen) atoms. The van der Waals surface area contributed by atoms with Crippen LogP contribution in [0.4, 0.5) is 0 Å². The van der Waals surface area contributed by atoms with Crippen molar-refractivity contribution < 1.29 is 9.59 Å². The minimum Gasteiger partial charge on any atom is -0.342 e. The third kappa shape index (κ3) is 1.44. The molecule has 0 spiro atoms. The third-order valence-corrected chi connectivity index (χ3v) is 5.53. The summed E-state index contributed by atoms with van der Waals surface area (Å²) in [6, 6.07) is -0.0525. The average molecular weight is 250 g/mol. The van der Waals surface area contributed by atoms with E-state index in [9.17, 15) is 9.59 Å². The summed E-state index contributed by atoms with van der Waals surface area (Å²) in [7, 11) is 0. The van der Waals surface area contributed by atoms with Crippen molar-refractivity contribution in [1.29, 1.82) is 0 Å². The average Bonchev–Trinajstić information content (AvgIpc) is 3.11. The molecule has 100 valence electrons. The molecule has 1 heterocycles. The Kier molecular flexibility index (Phi) is 2.19. The summed E-state index contributed by atoms with van der Waals surface area (Å²) in [5.41, 5.74) is 0.211. The van der Waals surface area contributed by atoms with Crippen LogP contribution in [-0.4, -0.2) is 35.3 Å². The monoisotopic (exact) mass is 250 g/mol. The second-order valence-corrected chi connectivity index (χ2v) is 7.19. The summed E-state index contributed by atoms with van der Waals surface area (Å²) in [5, 5.41) is 2.87. The van der Waals surface area contributed by atoms with Gasteiger partial charge in [0.2, 0.25) is 11.8 Å². The lowest BCUT2D eigenvalue weighted by atomic mass is 10.0. The maximum absolute atomic E-state index is 12.5. The van der Waals surface area contributed by atoms with E-state index in [-0.39, 0.29) is 41.3 Å². The van der Waals surface area contributed by atoms with E-state index in [1.807, 2.05) is 4.90 Å². The van der Waals surface area contributed by atoms with Crippen LogP contribution in [-0.2, 0) is 9.59 Å². The molecule has 1 N–H and O–H groups in total. The van der Waals surface area contributed by atoms with E-state index in [1.165, 1.54) is 0 Å². The smallest absolute Gasteiger partial charge is 0.246 e. The topological polar surface area (TPSA) is 49.4 Å². The lowest BCUT2D eigenvalue weighted by molar-refractivity contribution is -0.146. The Morgan fingerprint density at radius 3 is 2.11 bits per heavy atom. The van der Waals surface area contributed by atoms with E-state index in [0.717, 1.165) is 12.8 Å². The molecule has 0 bridgehead atoms. The van der Waals surface area contributed by atoms with Crippen molar-refractivity contribution in [2.45, 2.75) is 52.6 Å². The molecule has 1 saturated heterocycles. The zero-order valence-electron chi connectivity index (χ0n) is 11.6. The van der Waals surface area contributed by atoms with Crippen LogP contribution >= 0.6 is 0 Å². The summed E-state index contributed by atoms with van der Waals surface area (Å²) >= 11 is 0. The van der Waals surface area contributed by atoms with Crippen molar-refractivity contribution in [2.75, 3.05) is 6.54 Å². The first-order valence-corrected chi connectivity index (χ1v) is 6.86. The quantitative estimate of drug-likeness (QED) is 0.799. The van der Waals surface area contributed by atoms with Crippen molar-refractivity contribution in [3.05, 3.63) is 0 Å². The van der Waals surface area contributed by atoms with Crippen molar-refractivity contribution in [1.82, 2.24) is 10.2 Å². The van der Waals surface area contributed by atoms with Gasteiger partial charge in [-0.1, -0.05) is 27.7 Å². The summed E-state index contributed by atoms with van der Waals surface area (Å²) in [5.74, 6) is 0.528. The molecule has 0 aromatic carbocycles. The van der Waals surface area contributed by atoms with Gasteiger partial charge in [-0.2, -0.15) is 0 Å². The fourth-order valence-electron chi connectivity index (χ4n) is 3.60. The first-order chi connectivity index (χ1) is 8.26. The molecule has 2 amide bonds. The van der Waals surface area contributed by atoms with Crippen LogP contribution in [0.5, 0.6) is 0 Å². The predicted molar refractivity (Wildman–Crippen MR) is 67.7 cm³/mol. The number of hydrogen-bond acceptors (Lipinski definition) is 2. The molecule has 0 radical (unpaired) electrons. The number of piperazine rings is 1. The van der Waals surface area contributed by atoms with Gasteiger partial charge >= 0.3 is 0 Å². The Morgan fingerprint density at radius 1 is 1.11 bits per heavy atom. The van der Waals surface area contributed by atoms with Crippen LogP contribution in [0.3, 0.4) is 0 Å². The Balaban J connectivity index is 1.84. The Bertz CT molecular complexity index is 410. The predicted octanol–water partition coefficient (Wildman–Crippen LogP) is 1.16. The largest absolute Gasteiger partial charge is 0.342 e. The molecule has 4 heteroatoms. The van der Waals surface area contributed by atoms with Crippen molar-refractivity contribution >= 4 is 11.8 Å². The number of amides is 2. The molecule has 3 fully saturated rings. The molecule has 1 aliphatic heterocycles. The highest BCUT2D eigenvalue weighted by molar-refractivity contribution is 5.95. The molecule has 1 atom stereocenters. The highest BCUT2D eigenvalue weighted by Gasteiger charge is 2.69. The van der Waals surface area contributed by atoms with Gasteiger partial charge in [-0.25, -0.2) is 0 Å². The normalized spacial score (nSPS) is 34.4. The maximum Gasteiger partial charge on any atom is 0.246 e. The SMILES string of the molecule is CC1(C)C(N2CC(=O)NC(C3CC3)C2=O)C1(C)C. The van der Waals surface area contributed by atoms with E-state index in [1.54, 1.807) is 0 Å². The van der Waals surface area contributed by atoms with Crippen molar-refractivity contribution in [2.24, 2.45) is 16.7 Å². The van der Waals surface area contributed by atoms with Crippen LogP contribution in [0, 0.1) is 16.7 Å². The standard InChI is InChI=1S/C14H22N2O2/c1-13(2)12(14(13,3)4)16-7-9(17)15-10(11(16)18)8-5-6-8/h8,10,12H,5-7H2,1-4H3,(H,15,17). The van der Waals surface area contributed by atoms with Gasteiger partial charge in [0.1, 0.15) is 6.04 Å². The lowest BCUT2D eigenvalue weighted by Crippen LogP contribution is -2.60. The number of hydrogen-bond donors (Lipinski definition) is 1. The zero-order chi connectivity index (χ0) is 13.3. The fraction of sp³-hybridized carbons (Fsp3) is 0.857. The van der Waals surface area contributed by atoms with E-state index >= 15 is 0 Å². The number of carbonyl (C=O) groups excluding carboxylic acids is 2. The number of carbonyl (C=O) groups is 2. The lowest BCUT2D eigenvalue weighted by Gasteiger charge is -2.34. The van der Waals surface area contributed by atoms with Crippen molar-refractivity contribution in [3.8, 4) is 0 Å². The summed E-state index contributed by atoms with van der Waals surface area (Å²) < 4.78 is 0. The first kappa shape index (κ1) is 12.0. The maximum atomic E-state index is 12.5. The molecule has 0 aromatic heterocycles. The molecule has 4 nitrogen and oxygen atoms in total. The second-order valence-electron chi connectivity index (χ2n) is 7.19. The van der Waals surface area contributed by atoms with Gasteiger partial charge in [0.15, 0.2) is 0 Å². The first-order valence-electron chi connectivity index (χ1n) is 6.86. The molecular weight excluding hydrogens is 228 g/mol. The van der Waals surface area contributed by atoms with E-state index in [2.05, 4.69) is 33.0 Å². The number of nitrogens with one attached hydrogen (secondary N) is 1. The zero-order valence-corrected chi connectivity index (χ0v) is 11.6. The molecule has 2 saturated carbocycles. The Hall–Kier alpha value is -1.06. The highest BCUT2D eigenvalue weighted by atomic mass is 16.2. The van der Waals surface area contributed by atoms with E-state index < -0.39 is 0 Å². The van der Waals surface area contributed by atoms with Crippen LogP contribution in [0.15, 0.2) is 0 Å². The van der Waals surface area contributed by atoms with Crippen molar-refractivity contribution in [3.63, 3.8) is 0 Å². The number of nitrogens with zero attached hydrogens (tertiary/aromatic N) is 1. The highest BCUT2D eigenvalue weighted by Crippen LogP contribution is 2.65. The Labute approximate surface area is 108 Å². The molecule has 3 rings (SSSR count). The van der Waals surface area contributed by atoms with Gasteiger partial charge in [0.05, 0.1) is 6.54 Å². The van der Waals surface area contributed by atoms with Crippen LogP contribution in [0.25, 0.3) is 0 Å². The molecule has 3 aliphatic rings. The third-order valence-electron chi connectivity index (χ3n) is 5.53. The molecule has 0 aromatic rings. The van der Waals surface area contributed by atoms with Gasteiger partial charge in [-0.3, -0.25) is 9.59 Å². The van der Waals surface area contributed by atoms with Gasteiger partial charge in [-0.15, -0.1) is 0 Å². The van der Waals surface area contributed by atoms with Gasteiger partial charge in [-0.05, 0) is 29.6 Å². The van der Waals surface area contributed by atoms with Crippen LogP contribution in [0.2, 0.25) is 0 Å². The summed E-state index contributed by atoms with van der Waals surface area (Å²) in [4.78, 5) is 26.2. The summed E-state index contributed by atoms with van der Waals surface area (Å²) in [6.45, 7) is 8.97. The Morgan fingerprint density at radius 2 is 1.67 bits per heavy atom. The molecular formula is C14H22N2O2. The van der Waals surface area contributed by atoms with Gasteiger partial charge in [0.25, 0.3) is 0 Å². The van der Waals surface area contributed by atoms with Crippen LogP contribution < -0.4 is 5.32 Å². The van der Waals surface area contributed by atoms with Gasteiger partial charge in [0, 0.05) is 6.04 Å². The second kappa shape index (κ2) is 3.28. The van der Waals surface area contributed by atoms with E-state index in [0.29, 0.717) is 5.92 Å². The van der Waals surface area contributed by atoms with Crippen LogP contribution in [0.1, 0.15) is 40.5 Å². The van der Waals surface area contributed by atoms with E-state index in [4.69, 9.17) is 0 Å². The minimum atomic E-state index is -0.251. The molecule has 2 aliphatic carbocycles. The summed E-state index contributed by atoms with van der Waals surface area (Å²) in [6.07, 6.45) is 2.14. The fourth-order valence-corrected chi connectivity index (χ4v) is 3.60. The van der Waals surface area contributed by atoms with Gasteiger partial charge < -0.3 is 10.2 Å².